The average Bonchev–Trinajstić information content (AvgIpc) is 3.13. The fourth-order valence-corrected chi connectivity index (χ4v) is 3.10. The zero-order valence-electron chi connectivity index (χ0n) is 13.8. The monoisotopic (exact) mass is 322 g/mol. The number of hydrogen-bond acceptors (Lipinski definition) is 2. The molecule has 3 rings (SSSR count). The molecule has 4 nitrogen and oxygen atoms in total. The maximum atomic E-state index is 12.2. The second kappa shape index (κ2) is 7.30. The first kappa shape index (κ1) is 16.2. The van der Waals surface area contributed by atoms with Gasteiger partial charge in [-0.25, -0.2) is 0 Å². The number of benzene rings is 2. The minimum absolute atomic E-state index is 0.105. The molecule has 4 heteroatoms. The van der Waals surface area contributed by atoms with Gasteiger partial charge in [-0.1, -0.05) is 31.0 Å². The number of carbonyl (C=O) groups excluding carboxylic acids is 2. The molecule has 1 aliphatic rings. The number of aryl methyl sites for hydroxylation is 1. The lowest BCUT2D eigenvalue weighted by atomic mass is 10.1. The Bertz CT molecular complexity index is 735. The highest BCUT2D eigenvalue weighted by Crippen LogP contribution is 2.27. The molecule has 1 fully saturated rings. The van der Waals surface area contributed by atoms with E-state index in [1.807, 2.05) is 43.3 Å². The zero-order valence-corrected chi connectivity index (χ0v) is 13.8. The Hall–Kier alpha value is -2.62. The van der Waals surface area contributed by atoms with Crippen molar-refractivity contribution in [3.05, 3.63) is 59.7 Å². The van der Waals surface area contributed by atoms with Gasteiger partial charge in [-0.3, -0.25) is 9.59 Å². The van der Waals surface area contributed by atoms with E-state index in [0.717, 1.165) is 42.6 Å². The van der Waals surface area contributed by atoms with Crippen LogP contribution in [0.3, 0.4) is 0 Å². The van der Waals surface area contributed by atoms with Gasteiger partial charge in [-0.15, -0.1) is 0 Å². The summed E-state index contributed by atoms with van der Waals surface area (Å²) in [6, 6.07) is 14.7. The minimum Gasteiger partial charge on any atom is -0.326 e. The van der Waals surface area contributed by atoms with Crippen LogP contribution in [-0.2, 0) is 4.79 Å². The molecule has 24 heavy (non-hydrogen) atoms. The van der Waals surface area contributed by atoms with Crippen molar-refractivity contribution < 1.29 is 9.59 Å². The van der Waals surface area contributed by atoms with Crippen LogP contribution in [0, 0.1) is 12.8 Å². The summed E-state index contributed by atoms with van der Waals surface area (Å²) < 4.78 is 0. The second-order valence-corrected chi connectivity index (χ2v) is 6.32. The lowest BCUT2D eigenvalue weighted by Gasteiger charge is -2.13. The van der Waals surface area contributed by atoms with Gasteiger partial charge in [0.25, 0.3) is 5.91 Å². The van der Waals surface area contributed by atoms with E-state index < -0.39 is 0 Å². The summed E-state index contributed by atoms with van der Waals surface area (Å²) in [5.74, 6) is 0.108. The molecule has 0 spiro atoms. The van der Waals surface area contributed by atoms with E-state index >= 15 is 0 Å². The number of hydrogen-bond donors (Lipinski definition) is 2. The third-order valence-electron chi connectivity index (χ3n) is 4.50. The van der Waals surface area contributed by atoms with E-state index in [1.54, 1.807) is 12.1 Å². The Labute approximate surface area is 142 Å². The van der Waals surface area contributed by atoms with Gasteiger partial charge in [0.15, 0.2) is 0 Å². The van der Waals surface area contributed by atoms with Gasteiger partial charge in [0.2, 0.25) is 5.91 Å². The van der Waals surface area contributed by atoms with Crippen molar-refractivity contribution in [2.45, 2.75) is 32.6 Å². The summed E-state index contributed by atoms with van der Waals surface area (Å²) in [5.41, 5.74) is 3.07. The van der Waals surface area contributed by atoms with E-state index in [-0.39, 0.29) is 17.7 Å². The minimum atomic E-state index is -0.138. The molecule has 2 aromatic carbocycles. The van der Waals surface area contributed by atoms with Crippen molar-refractivity contribution in [1.82, 2.24) is 0 Å². The molecule has 2 aromatic rings. The third kappa shape index (κ3) is 3.82. The van der Waals surface area contributed by atoms with Gasteiger partial charge in [0.05, 0.1) is 0 Å². The van der Waals surface area contributed by atoms with Crippen LogP contribution in [-0.4, -0.2) is 11.8 Å². The predicted octanol–water partition coefficient (Wildman–Crippen LogP) is 4.38. The maximum absolute atomic E-state index is 12.2. The standard InChI is InChI=1S/C20H22N2O2/c1-14-13-17(21-19(23)15-9-5-6-10-15)11-12-18(14)22-20(24)16-7-3-2-4-8-16/h2-4,7-8,11-13,15H,5-6,9-10H2,1H3,(H,21,23)(H,22,24). The van der Waals surface area contributed by atoms with E-state index in [0.29, 0.717) is 5.56 Å². The van der Waals surface area contributed by atoms with Crippen molar-refractivity contribution in [1.29, 1.82) is 0 Å². The molecule has 0 saturated heterocycles. The quantitative estimate of drug-likeness (QED) is 0.878. The van der Waals surface area contributed by atoms with E-state index in [4.69, 9.17) is 0 Å². The topological polar surface area (TPSA) is 58.2 Å². The highest BCUT2D eigenvalue weighted by molar-refractivity contribution is 6.04. The number of anilines is 2. The van der Waals surface area contributed by atoms with E-state index in [9.17, 15) is 9.59 Å². The van der Waals surface area contributed by atoms with Crippen LogP contribution < -0.4 is 10.6 Å². The summed E-state index contributed by atoms with van der Waals surface area (Å²) in [4.78, 5) is 24.4. The highest BCUT2D eigenvalue weighted by atomic mass is 16.2. The van der Waals surface area contributed by atoms with Gasteiger partial charge < -0.3 is 10.6 Å². The molecular weight excluding hydrogens is 300 g/mol. The van der Waals surface area contributed by atoms with Crippen LogP contribution in [0.1, 0.15) is 41.6 Å². The van der Waals surface area contributed by atoms with Crippen LogP contribution in [0.15, 0.2) is 48.5 Å². The molecule has 0 aromatic heterocycles. The molecule has 1 aliphatic carbocycles. The summed E-state index contributed by atoms with van der Waals surface area (Å²) >= 11 is 0. The Morgan fingerprint density at radius 2 is 1.67 bits per heavy atom. The first-order valence-electron chi connectivity index (χ1n) is 8.41. The molecule has 0 aliphatic heterocycles. The number of amides is 2. The SMILES string of the molecule is Cc1cc(NC(=O)C2CCCC2)ccc1NC(=O)c1ccccc1. The van der Waals surface area contributed by atoms with Crippen molar-refractivity contribution in [2.75, 3.05) is 10.6 Å². The first-order valence-corrected chi connectivity index (χ1v) is 8.41. The predicted molar refractivity (Wildman–Crippen MR) is 96.2 cm³/mol. The van der Waals surface area contributed by atoms with Crippen molar-refractivity contribution in [2.24, 2.45) is 5.92 Å². The molecule has 0 radical (unpaired) electrons. The molecule has 1 saturated carbocycles. The zero-order chi connectivity index (χ0) is 16.9. The van der Waals surface area contributed by atoms with Crippen LogP contribution in [0.4, 0.5) is 11.4 Å². The average molecular weight is 322 g/mol. The molecular formula is C20H22N2O2. The first-order chi connectivity index (χ1) is 11.6. The van der Waals surface area contributed by atoms with Crippen LogP contribution in [0.25, 0.3) is 0 Å². The molecule has 2 amide bonds. The van der Waals surface area contributed by atoms with Gasteiger partial charge in [0, 0.05) is 22.9 Å². The molecule has 2 N–H and O–H groups in total. The molecule has 0 atom stereocenters. The van der Waals surface area contributed by atoms with Gasteiger partial charge in [-0.2, -0.15) is 0 Å². The summed E-state index contributed by atoms with van der Waals surface area (Å²) in [7, 11) is 0. The largest absolute Gasteiger partial charge is 0.326 e. The highest BCUT2D eigenvalue weighted by Gasteiger charge is 2.22. The third-order valence-corrected chi connectivity index (χ3v) is 4.50. The van der Waals surface area contributed by atoms with Crippen molar-refractivity contribution in [3.63, 3.8) is 0 Å². The van der Waals surface area contributed by atoms with Crippen LogP contribution in [0.5, 0.6) is 0 Å². The maximum Gasteiger partial charge on any atom is 0.255 e. The van der Waals surface area contributed by atoms with Gasteiger partial charge >= 0.3 is 0 Å². The Kier molecular flexibility index (Phi) is 4.94. The fraction of sp³-hybridized carbons (Fsp3) is 0.300. The number of rotatable bonds is 4. The lowest BCUT2D eigenvalue weighted by Crippen LogP contribution is -2.20. The molecule has 0 bridgehead atoms. The molecule has 124 valence electrons. The number of nitrogens with one attached hydrogen (secondary N) is 2. The molecule has 0 heterocycles. The Morgan fingerprint density at radius 3 is 2.33 bits per heavy atom. The second-order valence-electron chi connectivity index (χ2n) is 6.32. The fourth-order valence-electron chi connectivity index (χ4n) is 3.10. The van der Waals surface area contributed by atoms with E-state index in [2.05, 4.69) is 10.6 Å². The van der Waals surface area contributed by atoms with Crippen LogP contribution >= 0.6 is 0 Å². The van der Waals surface area contributed by atoms with E-state index in [1.165, 1.54) is 0 Å². The Balaban J connectivity index is 1.66. The van der Waals surface area contributed by atoms with Gasteiger partial charge in [0.1, 0.15) is 0 Å². The smallest absolute Gasteiger partial charge is 0.255 e. The number of carbonyl (C=O) groups is 2. The molecule has 0 unspecified atom stereocenters. The van der Waals surface area contributed by atoms with Crippen molar-refractivity contribution >= 4 is 23.2 Å². The van der Waals surface area contributed by atoms with Gasteiger partial charge in [-0.05, 0) is 55.7 Å². The summed E-state index contributed by atoms with van der Waals surface area (Å²) in [5, 5.41) is 5.90. The van der Waals surface area contributed by atoms with Crippen LogP contribution in [0.2, 0.25) is 0 Å². The Morgan fingerprint density at radius 1 is 0.958 bits per heavy atom. The summed E-state index contributed by atoms with van der Waals surface area (Å²) in [6.07, 6.45) is 4.25. The van der Waals surface area contributed by atoms with Crippen molar-refractivity contribution in [3.8, 4) is 0 Å². The normalized spacial score (nSPS) is 14.4. The summed E-state index contributed by atoms with van der Waals surface area (Å²) in [6.45, 7) is 1.92. The lowest BCUT2D eigenvalue weighted by molar-refractivity contribution is -0.119.